The molecule has 0 aliphatic carbocycles. The molecule has 3 rings (SSSR count). The second-order valence-electron chi connectivity index (χ2n) is 7.20. The number of nitro groups is 1. The first-order valence-corrected chi connectivity index (χ1v) is 9.73. The van der Waals surface area contributed by atoms with Gasteiger partial charge in [0.1, 0.15) is 6.33 Å². The molecule has 3 aromatic rings. The van der Waals surface area contributed by atoms with E-state index in [0.29, 0.717) is 16.6 Å². The fourth-order valence-corrected chi connectivity index (χ4v) is 3.60. The van der Waals surface area contributed by atoms with Crippen LogP contribution >= 0.6 is 11.8 Å². The van der Waals surface area contributed by atoms with Crippen LogP contribution in [0.15, 0.2) is 64.9 Å². The molecule has 29 heavy (non-hydrogen) atoms. The molecule has 0 saturated heterocycles. The Morgan fingerprint density at radius 2 is 1.97 bits per heavy atom. The van der Waals surface area contributed by atoms with Crippen molar-refractivity contribution in [3.05, 3.63) is 76.1 Å². The van der Waals surface area contributed by atoms with E-state index in [1.54, 1.807) is 23.7 Å². The van der Waals surface area contributed by atoms with E-state index < -0.39 is 4.92 Å². The summed E-state index contributed by atoms with van der Waals surface area (Å²) in [7, 11) is 1.75. The fraction of sp³-hybridized carbons (Fsp3) is 0.250. The summed E-state index contributed by atoms with van der Waals surface area (Å²) in [6, 6.07) is 14.3. The van der Waals surface area contributed by atoms with E-state index in [4.69, 9.17) is 0 Å². The average Bonchev–Trinajstić information content (AvgIpc) is 3.11. The molecule has 1 aromatic heterocycles. The molecule has 0 saturated carbocycles. The molecular weight excluding hydrogens is 390 g/mol. The van der Waals surface area contributed by atoms with E-state index in [-0.39, 0.29) is 22.6 Å². The van der Waals surface area contributed by atoms with Crippen molar-refractivity contribution in [1.29, 1.82) is 0 Å². The summed E-state index contributed by atoms with van der Waals surface area (Å²) in [5.74, 6) is -0.354. The van der Waals surface area contributed by atoms with Crippen LogP contribution in [0.5, 0.6) is 0 Å². The van der Waals surface area contributed by atoms with Gasteiger partial charge in [0.25, 0.3) is 11.6 Å². The van der Waals surface area contributed by atoms with Crippen molar-refractivity contribution >= 4 is 23.4 Å². The van der Waals surface area contributed by atoms with Gasteiger partial charge in [0.2, 0.25) is 0 Å². The second kappa shape index (κ2) is 8.44. The first-order chi connectivity index (χ1) is 13.8. The number of carbonyl (C=O) groups excluding carboxylic acids is 1. The summed E-state index contributed by atoms with van der Waals surface area (Å²) in [5, 5.41) is 22.6. The lowest BCUT2D eigenvalue weighted by molar-refractivity contribution is -0.387. The minimum atomic E-state index is -0.497. The summed E-state index contributed by atoms with van der Waals surface area (Å²) in [5.41, 5.74) is 0.918. The van der Waals surface area contributed by atoms with Gasteiger partial charge in [-0.3, -0.25) is 14.9 Å². The quantitative estimate of drug-likeness (QED) is 0.471. The minimum Gasteiger partial charge on any atom is -0.351 e. The van der Waals surface area contributed by atoms with E-state index in [1.807, 2.05) is 44.2 Å². The van der Waals surface area contributed by atoms with E-state index >= 15 is 0 Å². The Morgan fingerprint density at radius 3 is 2.59 bits per heavy atom. The van der Waals surface area contributed by atoms with Gasteiger partial charge < -0.3 is 9.88 Å². The van der Waals surface area contributed by atoms with Crippen molar-refractivity contribution in [2.24, 2.45) is 7.05 Å². The standard InChI is InChI=1S/C20H21N5O3S/c1-20(2,15-7-5-4-6-8-15)12-21-18(26)14-9-10-17(16(11-14)25(27)28)29-19-23-22-13-24(19)3/h4-11,13H,12H2,1-3H3,(H,21,26). The van der Waals surface area contributed by atoms with E-state index in [0.717, 1.165) is 17.3 Å². The monoisotopic (exact) mass is 411 g/mol. The number of carbonyl (C=O) groups is 1. The van der Waals surface area contributed by atoms with Gasteiger partial charge in [0.05, 0.1) is 9.82 Å². The largest absolute Gasteiger partial charge is 0.351 e. The molecule has 1 amide bonds. The number of amides is 1. The fourth-order valence-electron chi connectivity index (χ4n) is 2.75. The zero-order valence-electron chi connectivity index (χ0n) is 16.3. The van der Waals surface area contributed by atoms with E-state index in [2.05, 4.69) is 15.5 Å². The van der Waals surface area contributed by atoms with E-state index in [1.165, 1.54) is 12.4 Å². The normalized spacial score (nSPS) is 11.3. The zero-order valence-corrected chi connectivity index (χ0v) is 17.1. The topological polar surface area (TPSA) is 103 Å². The van der Waals surface area contributed by atoms with Crippen LogP contribution in [-0.2, 0) is 12.5 Å². The third-order valence-electron chi connectivity index (χ3n) is 4.54. The number of nitro benzene ring substituents is 1. The van der Waals surface area contributed by atoms with Crippen molar-refractivity contribution in [2.75, 3.05) is 6.54 Å². The molecule has 150 valence electrons. The molecule has 9 heteroatoms. The number of nitrogens with one attached hydrogen (secondary N) is 1. The molecule has 0 spiro atoms. The van der Waals surface area contributed by atoms with Crippen molar-refractivity contribution in [3.63, 3.8) is 0 Å². The van der Waals surface area contributed by atoms with Gasteiger partial charge in [-0.15, -0.1) is 10.2 Å². The molecule has 0 bridgehead atoms. The van der Waals surface area contributed by atoms with Crippen LogP contribution in [0.1, 0.15) is 29.8 Å². The van der Waals surface area contributed by atoms with Crippen LogP contribution in [0.25, 0.3) is 0 Å². The molecule has 0 fully saturated rings. The highest BCUT2D eigenvalue weighted by Gasteiger charge is 2.23. The molecule has 1 N–H and O–H groups in total. The summed E-state index contributed by atoms with van der Waals surface area (Å²) >= 11 is 1.13. The third-order valence-corrected chi connectivity index (χ3v) is 5.65. The number of nitrogens with zero attached hydrogens (tertiary/aromatic N) is 4. The van der Waals surface area contributed by atoms with Crippen molar-refractivity contribution in [1.82, 2.24) is 20.1 Å². The Kier molecular flexibility index (Phi) is 5.97. The highest BCUT2D eigenvalue weighted by Crippen LogP contribution is 2.34. The third kappa shape index (κ3) is 4.80. The van der Waals surface area contributed by atoms with Gasteiger partial charge in [-0.05, 0) is 29.5 Å². The van der Waals surface area contributed by atoms with Crippen LogP contribution in [0.2, 0.25) is 0 Å². The maximum absolute atomic E-state index is 12.6. The maximum atomic E-state index is 12.6. The highest BCUT2D eigenvalue weighted by molar-refractivity contribution is 7.99. The van der Waals surface area contributed by atoms with Crippen LogP contribution in [0.4, 0.5) is 5.69 Å². The molecular formula is C20H21N5O3S. The van der Waals surface area contributed by atoms with Gasteiger partial charge >= 0.3 is 0 Å². The predicted molar refractivity (Wildman–Crippen MR) is 110 cm³/mol. The van der Waals surface area contributed by atoms with Gasteiger partial charge in [-0.25, -0.2) is 0 Å². The number of benzene rings is 2. The van der Waals surface area contributed by atoms with Gasteiger partial charge in [0, 0.05) is 30.6 Å². The molecule has 1 heterocycles. The first-order valence-electron chi connectivity index (χ1n) is 8.92. The number of rotatable bonds is 7. The second-order valence-corrected chi connectivity index (χ2v) is 8.21. The molecule has 2 aromatic carbocycles. The molecule has 0 aliphatic heterocycles. The zero-order chi connectivity index (χ0) is 21.0. The number of hydrogen-bond acceptors (Lipinski definition) is 6. The van der Waals surface area contributed by atoms with Crippen molar-refractivity contribution in [2.45, 2.75) is 29.3 Å². The highest BCUT2D eigenvalue weighted by atomic mass is 32.2. The smallest absolute Gasteiger partial charge is 0.284 e. The lowest BCUT2D eigenvalue weighted by Crippen LogP contribution is -2.36. The molecule has 8 nitrogen and oxygen atoms in total. The average molecular weight is 411 g/mol. The number of aryl methyl sites for hydroxylation is 1. The van der Waals surface area contributed by atoms with Gasteiger partial charge in [-0.1, -0.05) is 44.2 Å². The predicted octanol–water partition coefficient (Wildman–Crippen LogP) is 3.58. The maximum Gasteiger partial charge on any atom is 0.284 e. The Labute approximate surface area is 172 Å². The van der Waals surface area contributed by atoms with Crippen LogP contribution in [0.3, 0.4) is 0 Å². The summed E-state index contributed by atoms with van der Waals surface area (Å²) in [4.78, 5) is 24.0. The summed E-state index contributed by atoms with van der Waals surface area (Å²) in [6.07, 6.45) is 1.52. The summed E-state index contributed by atoms with van der Waals surface area (Å²) in [6.45, 7) is 4.47. The van der Waals surface area contributed by atoms with Crippen LogP contribution in [-0.4, -0.2) is 32.1 Å². The lowest BCUT2D eigenvalue weighted by Gasteiger charge is -2.25. The number of hydrogen-bond donors (Lipinski definition) is 1. The summed E-state index contributed by atoms with van der Waals surface area (Å²) < 4.78 is 1.67. The van der Waals surface area contributed by atoms with Gasteiger partial charge in [-0.2, -0.15) is 0 Å². The molecule has 0 unspecified atom stereocenters. The molecule has 0 atom stereocenters. The van der Waals surface area contributed by atoms with Crippen molar-refractivity contribution in [3.8, 4) is 0 Å². The Morgan fingerprint density at radius 1 is 1.24 bits per heavy atom. The Balaban J connectivity index is 1.76. The SMILES string of the molecule is Cn1cnnc1Sc1ccc(C(=O)NCC(C)(C)c2ccccc2)cc1[N+](=O)[O-]. The van der Waals surface area contributed by atoms with Crippen LogP contribution in [0, 0.1) is 10.1 Å². The minimum absolute atomic E-state index is 0.145. The van der Waals surface area contributed by atoms with Gasteiger partial charge in [0.15, 0.2) is 5.16 Å². The van der Waals surface area contributed by atoms with Crippen LogP contribution < -0.4 is 5.32 Å². The molecule has 0 aliphatic rings. The van der Waals surface area contributed by atoms with E-state index in [9.17, 15) is 14.9 Å². The Bertz CT molecular complexity index is 1030. The lowest BCUT2D eigenvalue weighted by atomic mass is 9.84. The van der Waals surface area contributed by atoms with Crippen molar-refractivity contribution < 1.29 is 9.72 Å². The number of aromatic nitrogens is 3. The Hall–Kier alpha value is -3.20. The first kappa shape index (κ1) is 20.5. The molecule has 0 radical (unpaired) electrons.